The molecule has 1 fully saturated rings. The lowest BCUT2D eigenvalue weighted by molar-refractivity contribution is 0.267. The number of nitrogens with one attached hydrogen (secondary N) is 1. The number of hydrogen-bond donors (Lipinski definition) is 1. The minimum absolute atomic E-state index is 0.637. The normalized spacial score (nSPS) is 20.2. The van der Waals surface area contributed by atoms with Gasteiger partial charge in [-0.15, -0.1) is 0 Å². The van der Waals surface area contributed by atoms with Gasteiger partial charge in [0.25, 0.3) is 0 Å². The Hall–Kier alpha value is -0.0600. The molecule has 1 saturated heterocycles. The maximum Gasteiger partial charge on any atom is 0.133 e. The van der Waals surface area contributed by atoms with E-state index in [4.69, 9.17) is 4.74 Å². The van der Waals surface area contributed by atoms with Crippen LogP contribution in [0.15, 0.2) is 27.1 Å². The molecule has 1 N–H and O–H groups in total. The summed E-state index contributed by atoms with van der Waals surface area (Å²) >= 11 is 6.93. The minimum Gasteiger partial charge on any atom is -0.492 e. The van der Waals surface area contributed by atoms with Gasteiger partial charge in [-0.05, 0) is 59.9 Å². The highest BCUT2D eigenvalue weighted by atomic mass is 79.9. The lowest BCUT2D eigenvalue weighted by Gasteiger charge is -2.23. The van der Waals surface area contributed by atoms with Gasteiger partial charge in [0.1, 0.15) is 5.75 Å². The van der Waals surface area contributed by atoms with Gasteiger partial charge in [0.15, 0.2) is 0 Å². The summed E-state index contributed by atoms with van der Waals surface area (Å²) < 4.78 is 7.85. The largest absolute Gasteiger partial charge is 0.492 e. The second-order valence-electron chi connectivity index (χ2n) is 4.36. The van der Waals surface area contributed by atoms with E-state index in [0.29, 0.717) is 6.04 Å². The fraction of sp³-hybridized carbons (Fsp3) is 0.538. The van der Waals surface area contributed by atoms with Crippen LogP contribution in [0, 0.1) is 0 Å². The van der Waals surface area contributed by atoms with Gasteiger partial charge in [0.05, 0.1) is 11.1 Å². The molecule has 1 aliphatic rings. The van der Waals surface area contributed by atoms with Crippen LogP contribution in [0.4, 0.5) is 0 Å². The van der Waals surface area contributed by atoms with Crippen LogP contribution in [-0.2, 0) is 0 Å². The van der Waals surface area contributed by atoms with E-state index in [-0.39, 0.29) is 0 Å². The van der Waals surface area contributed by atoms with E-state index in [1.165, 1.54) is 19.3 Å². The van der Waals surface area contributed by atoms with Gasteiger partial charge in [0.2, 0.25) is 0 Å². The molecule has 0 radical (unpaired) electrons. The van der Waals surface area contributed by atoms with Crippen molar-refractivity contribution in [1.29, 1.82) is 0 Å². The Labute approximate surface area is 119 Å². The Morgan fingerprint density at radius 1 is 1.29 bits per heavy atom. The Bertz CT molecular complexity index is 364. The molecule has 0 spiro atoms. The number of benzene rings is 1. The number of rotatable bonds is 4. The van der Waals surface area contributed by atoms with E-state index in [1.807, 2.05) is 18.2 Å². The average molecular weight is 363 g/mol. The van der Waals surface area contributed by atoms with E-state index >= 15 is 0 Å². The summed E-state index contributed by atoms with van der Waals surface area (Å²) in [4.78, 5) is 0. The van der Waals surface area contributed by atoms with Crippen LogP contribution in [0.25, 0.3) is 0 Å². The zero-order valence-corrected chi connectivity index (χ0v) is 12.9. The molecule has 0 amide bonds. The van der Waals surface area contributed by atoms with Gasteiger partial charge in [-0.3, -0.25) is 0 Å². The fourth-order valence-corrected chi connectivity index (χ4v) is 3.24. The maximum atomic E-state index is 5.79. The molecule has 0 aromatic heterocycles. The SMILES string of the molecule is Brc1ccc(OCC[C@@H]2CCCCN2)c(Br)c1. The first-order valence-corrected chi connectivity index (χ1v) is 7.65. The van der Waals surface area contributed by atoms with E-state index in [1.54, 1.807) is 0 Å². The molecule has 1 aromatic carbocycles. The van der Waals surface area contributed by atoms with Crippen molar-refractivity contribution in [2.45, 2.75) is 31.7 Å². The van der Waals surface area contributed by atoms with Crippen molar-refractivity contribution in [1.82, 2.24) is 5.32 Å². The van der Waals surface area contributed by atoms with Crippen molar-refractivity contribution in [2.75, 3.05) is 13.2 Å². The molecule has 1 heterocycles. The van der Waals surface area contributed by atoms with Crippen molar-refractivity contribution < 1.29 is 4.74 Å². The monoisotopic (exact) mass is 361 g/mol. The molecule has 0 aliphatic carbocycles. The van der Waals surface area contributed by atoms with Crippen molar-refractivity contribution in [3.63, 3.8) is 0 Å². The van der Waals surface area contributed by atoms with Crippen LogP contribution in [0.1, 0.15) is 25.7 Å². The number of hydrogen-bond acceptors (Lipinski definition) is 2. The molecule has 2 rings (SSSR count). The van der Waals surface area contributed by atoms with E-state index in [2.05, 4.69) is 37.2 Å². The molecule has 1 atom stereocenters. The summed E-state index contributed by atoms with van der Waals surface area (Å²) in [6.45, 7) is 1.94. The molecular weight excluding hydrogens is 346 g/mol. The lowest BCUT2D eigenvalue weighted by atomic mass is 10.0. The third kappa shape index (κ3) is 4.27. The Morgan fingerprint density at radius 2 is 2.18 bits per heavy atom. The van der Waals surface area contributed by atoms with Gasteiger partial charge in [-0.1, -0.05) is 22.4 Å². The van der Waals surface area contributed by atoms with Gasteiger partial charge < -0.3 is 10.1 Å². The Morgan fingerprint density at radius 3 is 2.88 bits per heavy atom. The molecule has 2 nitrogen and oxygen atoms in total. The van der Waals surface area contributed by atoms with Crippen LogP contribution in [0.2, 0.25) is 0 Å². The molecule has 94 valence electrons. The molecule has 0 bridgehead atoms. The van der Waals surface area contributed by atoms with E-state index < -0.39 is 0 Å². The van der Waals surface area contributed by atoms with E-state index in [0.717, 1.165) is 34.3 Å². The van der Waals surface area contributed by atoms with Gasteiger partial charge >= 0.3 is 0 Å². The lowest BCUT2D eigenvalue weighted by Crippen LogP contribution is -2.35. The van der Waals surface area contributed by atoms with Gasteiger partial charge in [-0.2, -0.15) is 0 Å². The first-order chi connectivity index (χ1) is 8.25. The van der Waals surface area contributed by atoms with Gasteiger partial charge in [-0.25, -0.2) is 0 Å². The Kier molecular flexibility index (Phi) is 5.32. The second-order valence-corrected chi connectivity index (χ2v) is 6.13. The van der Waals surface area contributed by atoms with Crippen molar-refractivity contribution in [2.24, 2.45) is 0 Å². The maximum absolute atomic E-state index is 5.79. The van der Waals surface area contributed by atoms with E-state index in [9.17, 15) is 0 Å². The molecule has 1 aliphatic heterocycles. The summed E-state index contributed by atoms with van der Waals surface area (Å²) in [7, 11) is 0. The highest BCUT2D eigenvalue weighted by Crippen LogP contribution is 2.28. The molecule has 17 heavy (non-hydrogen) atoms. The van der Waals surface area contributed by atoms with Crippen LogP contribution < -0.4 is 10.1 Å². The van der Waals surface area contributed by atoms with Crippen molar-refractivity contribution in [3.05, 3.63) is 27.1 Å². The fourth-order valence-electron chi connectivity index (χ4n) is 2.07. The number of halogens is 2. The first kappa shape index (κ1) is 13.4. The summed E-state index contributed by atoms with van der Waals surface area (Å²) in [6.07, 6.45) is 5.03. The summed E-state index contributed by atoms with van der Waals surface area (Å²) in [5.74, 6) is 0.920. The highest BCUT2D eigenvalue weighted by Gasteiger charge is 2.12. The first-order valence-electron chi connectivity index (χ1n) is 6.07. The third-order valence-corrected chi connectivity index (χ3v) is 4.14. The second kappa shape index (κ2) is 6.76. The van der Waals surface area contributed by atoms with Crippen LogP contribution in [-0.4, -0.2) is 19.2 Å². The third-order valence-electron chi connectivity index (χ3n) is 3.03. The minimum atomic E-state index is 0.637. The zero-order chi connectivity index (χ0) is 12.1. The van der Waals surface area contributed by atoms with Gasteiger partial charge in [0, 0.05) is 10.5 Å². The molecule has 1 aromatic rings. The van der Waals surface area contributed by atoms with Crippen LogP contribution in [0.5, 0.6) is 5.75 Å². The summed E-state index contributed by atoms with van der Waals surface area (Å²) in [5.41, 5.74) is 0. The van der Waals surface area contributed by atoms with Crippen molar-refractivity contribution >= 4 is 31.9 Å². The molecular formula is C13H17Br2NO. The highest BCUT2D eigenvalue weighted by molar-refractivity contribution is 9.11. The number of ether oxygens (including phenoxy) is 1. The zero-order valence-electron chi connectivity index (χ0n) is 9.72. The number of piperidine rings is 1. The van der Waals surface area contributed by atoms with Crippen LogP contribution in [0.3, 0.4) is 0 Å². The topological polar surface area (TPSA) is 21.3 Å². The summed E-state index contributed by atoms with van der Waals surface area (Å²) in [5, 5.41) is 3.53. The quantitative estimate of drug-likeness (QED) is 0.869. The smallest absolute Gasteiger partial charge is 0.133 e. The van der Waals surface area contributed by atoms with Crippen LogP contribution >= 0.6 is 31.9 Å². The molecule has 0 saturated carbocycles. The predicted octanol–water partition coefficient (Wildman–Crippen LogP) is 4.12. The standard InChI is InChI=1S/C13H17Br2NO/c14-10-4-5-13(12(15)9-10)17-8-6-11-3-1-2-7-16-11/h4-5,9,11,16H,1-3,6-8H2/t11-/m0/s1. The molecule has 4 heteroatoms. The average Bonchev–Trinajstić information content (AvgIpc) is 2.33. The Balaban J connectivity index is 1.77. The predicted molar refractivity (Wildman–Crippen MR) is 77.6 cm³/mol. The molecule has 0 unspecified atom stereocenters. The summed E-state index contributed by atoms with van der Waals surface area (Å²) in [6, 6.07) is 6.63. The van der Waals surface area contributed by atoms with Crippen molar-refractivity contribution in [3.8, 4) is 5.75 Å².